The second kappa shape index (κ2) is 20.2. The minimum Gasteiger partial charge on any atom is -0.384 e. The summed E-state index contributed by atoms with van der Waals surface area (Å²) in [6.07, 6.45) is 15.0. The summed E-state index contributed by atoms with van der Waals surface area (Å²) in [6.45, 7) is 8.96. The molecule has 1 N–H and O–H groups in total. The maximum atomic E-state index is 14.7. The van der Waals surface area contributed by atoms with Crippen LogP contribution in [0.25, 0.3) is 40.4 Å². The molecule has 352 valence electrons. The molecule has 70 heavy (non-hydrogen) atoms. The summed E-state index contributed by atoms with van der Waals surface area (Å²) in [5, 5.41) is 8.93. The molecule has 0 radical (unpaired) electrons. The monoisotopic (exact) mass is 926 g/mol. The van der Waals surface area contributed by atoms with E-state index in [-0.39, 0.29) is 25.0 Å². The van der Waals surface area contributed by atoms with Crippen LogP contribution < -0.4 is 5.32 Å². The van der Waals surface area contributed by atoms with Gasteiger partial charge in [0, 0.05) is 79.3 Å². The lowest BCUT2D eigenvalue weighted by Gasteiger charge is -2.37. The standard InChI is InChI=1S/C59H58N8O3/c1-4-53-51(55(47-27-33-60-52(38-47)45-23-24-45)64-67(53)59(48-15-8-5-9-16-48,49-17-10-6-11-18-49)50-19-12-7-13-20-50)37-42(2)63-57(69)58(41-70-3)30-36-65(40-58)39-54(68)66-34-28-44(29-35-66)43-21-25-46(26-22-43)56-61-31-14-32-62-56/h4-22,25-28,31-33,37-38,45H,1,23-24,29-30,34-36,39-41H2,2-3H3,(H,63,69)/b42-37+/t58-/m1/s1. The van der Waals surface area contributed by atoms with Gasteiger partial charge in [0.15, 0.2) is 5.82 Å². The zero-order chi connectivity index (χ0) is 48.1. The summed E-state index contributed by atoms with van der Waals surface area (Å²) in [7, 11) is 1.63. The van der Waals surface area contributed by atoms with E-state index in [1.807, 2.05) is 72.6 Å². The van der Waals surface area contributed by atoms with E-state index >= 15 is 0 Å². The number of aromatic nitrogens is 5. The number of methoxy groups -OCH3 is 1. The molecule has 3 aromatic heterocycles. The van der Waals surface area contributed by atoms with Crippen LogP contribution in [0.3, 0.4) is 0 Å². The van der Waals surface area contributed by atoms with Crippen LogP contribution in [0, 0.1) is 5.41 Å². The van der Waals surface area contributed by atoms with Crippen LogP contribution in [0.1, 0.15) is 77.7 Å². The van der Waals surface area contributed by atoms with Gasteiger partial charge in [-0.05, 0) is 97.3 Å². The number of rotatable bonds is 16. The first-order valence-electron chi connectivity index (χ1n) is 24.2. The highest BCUT2D eigenvalue weighted by molar-refractivity contribution is 5.87. The number of benzene rings is 4. The molecule has 7 aromatic rings. The van der Waals surface area contributed by atoms with Crippen LogP contribution >= 0.6 is 0 Å². The van der Waals surface area contributed by atoms with Gasteiger partial charge >= 0.3 is 0 Å². The predicted octanol–water partition coefficient (Wildman–Crippen LogP) is 9.89. The lowest BCUT2D eigenvalue weighted by molar-refractivity contribution is -0.135. The Morgan fingerprint density at radius 3 is 2.03 bits per heavy atom. The van der Waals surface area contributed by atoms with Crippen LogP contribution in [0.4, 0.5) is 0 Å². The van der Waals surface area contributed by atoms with E-state index in [0.29, 0.717) is 50.0 Å². The molecule has 11 heteroatoms. The van der Waals surface area contributed by atoms with Crippen molar-refractivity contribution in [1.29, 1.82) is 0 Å². The van der Waals surface area contributed by atoms with Gasteiger partial charge < -0.3 is 15.0 Å². The molecule has 2 aliphatic heterocycles. The van der Waals surface area contributed by atoms with E-state index in [2.05, 4.69) is 129 Å². The van der Waals surface area contributed by atoms with Gasteiger partial charge in [-0.25, -0.2) is 14.6 Å². The average molecular weight is 927 g/mol. The smallest absolute Gasteiger partial charge is 0.237 e. The number of hydrogen-bond acceptors (Lipinski definition) is 8. The fourth-order valence-corrected chi connectivity index (χ4v) is 10.4. The lowest BCUT2D eigenvalue weighted by atomic mass is 9.77. The summed E-state index contributed by atoms with van der Waals surface area (Å²) in [5.74, 6) is 1.04. The Kier molecular flexibility index (Phi) is 13.3. The Labute approximate surface area is 410 Å². The molecule has 0 unspecified atom stereocenters. The predicted molar refractivity (Wildman–Crippen MR) is 276 cm³/mol. The summed E-state index contributed by atoms with van der Waals surface area (Å²) < 4.78 is 7.89. The van der Waals surface area contributed by atoms with Crippen molar-refractivity contribution in [1.82, 2.24) is 39.8 Å². The van der Waals surface area contributed by atoms with Crippen molar-refractivity contribution in [3.63, 3.8) is 0 Å². The Morgan fingerprint density at radius 2 is 1.44 bits per heavy atom. The largest absolute Gasteiger partial charge is 0.384 e. The molecule has 1 atom stereocenters. The van der Waals surface area contributed by atoms with Crippen molar-refractivity contribution in [2.75, 3.05) is 46.4 Å². The first kappa shape index (κ1) is 46.1. The first-order valence-corrected chi connectivity index (χ1v) is 24.2. The van der Waals surface area contributed by atoms with Crippen LogP contribution in [0.5, 0.6) is 0 Å². The zero-order valence-electron chi connectivity index (χ0n) is 39.9. The molecule has 0 spiro atoms. The quantitative estimate of drug-likeness (QED) is 0.0953. The SMILES string of the molecule is C=Cc1c(/C=C(\C)NC(=O)[C@]2(COC)CCN(CC(=O)N3CC=C(c4ccc(-c5ncccn5)cc4)CC3)C2)c(-c2ccnc(C3CC3)c2)nn1C(c1ccccc1)(c1ccccc1)c1ccccc1. The highest BCUT2D eigenvalue weighted by Crippen LogP contribution is 2.45. The minimum absolute atomic E-state index is 0.0524. The molecule has 4 aromatic carbocycles. The Balaban J connectivity index is 0.928. The summed E-state index contributed by atoms with van der Waals surface area (Å²) in [5.41, 5.74) is 9.66. The van der Waals surface area contributed by atoms with Gasteiger partial charge in [-0.1, -0.05) is 128 Å². The van der Waals surface area contributed by atoms with Gasteiger partial charge in [-0.2, -0.15) is 5.10 Å². The molecular formula is C59H58N8O3. The van der Waals surface area contributed by atoms with Crippen LogP contribution in [0.15, 0.2) is 170 Å². The number of hydrogen-bond donors (Lipinski definition) is 1. The second-order valence-electron chi connectivity index (χ2n) is 18.7. The Morgan fingerprint density at radius 1 is 0.800 bits per heavy atom. The van der Waals surface area contributed by atoms with Crippen molar-refractivity contribution in [2.45, 2.75) is 44.1 Å². The molecule has 0 bridgehead atoms. The summed E-state index contributed by atoms with van der Waals surface area (Å²) in [4.78, 5) is 46.0. The molecule has 2 amide bonds. The highest BCUT2D eigenvalue weighted by atomic mass is 16.5. The van der Waals surface area contributed by atoms with Gasteiger partial charge in [-0.15, -0.1) is 0 Å². The fourth-order valence-electron chi connectivity index (χ4n) is 10.4. The number of ether oxygens (including phenoxy) is 1. The van der Waals surface area contributed by atoms with Crippen LogP contribution in [-0.4, -0.2) is 92.8 Å². The van der Waals surface area contributed by atoms with E-state index in [9.17, 15) is 9.59 Å². The molecule has 1 saturated carbocycles. The third-order valence-corrected chi connectivity index (χ3v) is 14.1. The van der Waals surface area contributed by atoms with Gasteiger partial charge in [-0.3, -0.25) is 19.5 Å². The fraction of sp³-hybridized carbons (Fsp3) is 0.254. The molecule has 11 nitrogen and oxygen atoms in total. The number of amides is 2. The van der Waals surface area contributed by atoms with Gasteiger partial charge in [0.05, 0.1) is 24.3 Å². The van der Waals surface area contributed by atoms with Gasteiger partial charge in [0.2, 0.25) is 11.8 Å². The van der Waals surface area contributed by atoms with Crippen molar-refractivity contribution in [2.24, 2.45) is 5.41 Å². The average Bonchev–Trinajstić information content (AvgIpc) is 4.10. The Hall–Kier alpha value is -7.60. The molecule has 1 aliphatic carbocycles. The van der Waals surface area contributed by atoms with Gasteiger partial charge in [0.1, 0.15) is 11.2 Å². The molecule has 10 rings (SSSR count). The Bertz CT molecular complexity index is 2940. The van der Waals surface area contributed by atoms with Crippen LogP contribution in [-0.2, 0) is 19.9 Å². The number of allylic oxidation sites excluding steroid dienone is 1. The maximum Gasteiger partial charge on any atom is 0.237 e. The van der Waals surface area contributed by atoms with Crippen molar-refractivity contribution >= 4 is 29.5 Å². The van der Waals surface area contributed by atoms with E-state index in [1.54, 1.807) is 19.5 Å². The molecular weight excluding hydrogens is 869 g/mol. The van der Waals surface area contributed by atoms with Crippen molar-refractivity contribution in [3.05, 3.63) is 210 Å². The number of nitrogens with one attached hydrogen (secondary N) is 1. The van der Waals surface area contributed by atoms with Crippen molar-refractivity contribution in [3.8, 4) is 22.6 Å². The van der Waals surface area contributed by atoms with Crippen LogP contribution in [0.2, 0.25) is 0 Å². The van der Waals surface area contributed by atoms with E-state index in [4.69, 9.17) is 14.8 Å². The molecule has 2 fully saturated rings. The lowest BCUT2D eigenvalue weighted by Crippen LogP contribution is -2.47. The highest BCUT2D eigenvalue weighted by Gasteiger charge is 2.46. The van der Waals surface area contributed by atoms with Gasteiger partial charge in [0.25, 0.3) is 0 Å². The number of pyridine rings is 1. The third-order valence-electron chi connectivity index (χ3n) is 14.1. The molecule has 3 aliphatic rings. The third kappa shape index (κ3) is 9.18. The van der Waals surface area contributed by atoms with E-state index < -0.39 is 11.0 Å². The second-order valence-corrected chi connectivity index (χ2v) is 18.7. The summed E-state index contributed by atoms with van der Waals surface area (Å²) >= 11 is 0. The van der Waals surface area contributed by atoms with E-state index in [1.165, 1.54) is 5.57 Å². The van der Waals surface area contributed by atoms with Crippen molar-refractivity contribution < 1.29 is 14.3 Å². The zero-order valence-corrected chi connectivity index (χ0v) is 39.9. The number of nitrogens with zero attached hydrogens (tertiary/aromatic N) is 7. The van der Waals surface area contributed by atoms with E-state index in [0.717, 1.165) is 75.3 Å². The number of carbonyl (C=O) groups excluding carboxylic acids is 2. The normalized spacial score (nSPS) is 17.5. The summed E-state index contributed by atoms with van der Waals surface area (Å²) in [6, 6.07) is 45.7. The molecule has 5 heterocycles. The topological polar surface area (TPSA) is 118 Å². The number of carbonyl (C=O) groups is 2. The molecule has 1 saturated heterocycles. The first-order chi connectivity index (χ1) is 34.3. The maximum absolute atomic E-state index is 14.7. The minimum atomic E-state index is -0.914. The number of likely N-dealkylation sites (tertiary alicyclic amines) is 1.